The van der Waals surface area contributed by atoms with Crippen molar-refractivity contribution in [1.82, 2.24) is 9.97 Å². The molecule has 1 aromatic carbocycles. The van der Waals surface area contributed by atoms with Gasteiger partial charge in [0.05, 0.1) is 5.56 Å². The first-order chi connectivity index (χ1) is 8.14. The molecule has 2 aromatic rings. The first-order valence-corrected chi connectivity index (χ1v) is 5.48. The van der Waals surface area contributed by atoms with E-state index in [4.69, 9.17) is 0 Å². The summed E-state index contributed by atoms with van der Waals surface area (Å²) in [5, 5.41) is 0. The van der Waals surface area contributed by atoms with Crippen molar-refractivity contribution >= 4 is 6.29 Å². The molecule has 0 amide bonds. The second kappa shape index (κ2) is 4.45. The molecule has 1 aromatic heterocycles. The highest BCUT2D eigenvalue weighted by atomic mass is 16.1. The topological polar surface area (TPSA) is 42.9 Å². The van der Waals surface area contributed by atoms with E-state index in [-0.39, 0.29) is 5.41 Å². The lowest BCUT2D eigenvalue weighted by molar-refractivity contribution is 0.112. The molecule has 86 valence electrons. The minimum absolute atomic E-state index is 0.261. The van der Waals surface area contributed by atoms with Crippen molar-refractivity contribution < 1.29 is 4.79 Å². The van der Waals surface area contributed by atoms with Gasteiger partial charge in [0.2, 0.25) is 0 Å². The fourth-order valence-corrected chi connectivity index (χ4v) is 1.71. The molecule has 3 heteroatoms. The van der Waals surface area contributed by atoms with E-state index in [1.165, 1.54) is 0 Å². The lowest BCUT2D eigenvalue weighted by Gasteiger charge is -2.23. The van der Waals surface area contributed by atoms with Crippen LogP contribution < -0.4 is 0 Å². The summed E-state index contributed by atoms with van der Waals surface area (Å²) < 4.78 is 0. The third-order valence-electron chi connectivity index (χ3n) is 2.86. The Kier molecular flexibility index (Phi) is 3.00. The van der Waals surface area contributed by atoms with Gasteiger partial charge in [0.15, 0.2) is 6.29 Å². The summed E-state index contributed by atoms with van der Waals surface area (Å²) in [4.78, 5) is 19.1. The fraction of sp³-hybridized carbons (Fsp3) is 0.214. The van der Waals surface area contributed by atoms with Crippen LogP contribution in [0.25, 0.3) is 0 Å². The Bertz CT molecular complexity index is 504. The molecule has 0 bridgehead atoms. The Morgan fingerprint density at radius 1 is 1.06 bits per heavy atom. The first-order valence-electron chi connectivity index (χ1n) is 5.48. The van der Waals surface area contributed by atoms with Crippen LogP contribution in [0.1, 0.15) is 35.6 Å². The second-order valence-corrected chi connectivity index (χ2v) is 4.45. The lowest BCUT2D eigenvalue weighted by atomic mass is 9.84. The molecule has 1 heterocycles. The molecule has 0 aliphatic rings. The maximum atomic E-state index is 10.6. The summed E-state index contributed by atoms with van der Waals surface area (Å²) in [7, 11) is 0. The van der Waals surface area contributed by atoms with E-state index in [9.17, 15) is 4.79 Å². The van der Waals surface area contributed by atoms with Crippen LogP contribution >= 0.6 is 0 Å². The van der Waals surface area contributed by atoms with Crippen molar-refractivity contribution in [3.63, 3.8) is 0 Å². The van der Waals surface area contributed by atoms with Gasteiger partial charge in [-0.3, -0.25) is 4.79 Å². The molecule has 0 atom stereocenters. The van der Waals surface area contributed by atoms with Gasteiger partial charge in [0.1, 0.15) is 5.82 Å². The van der Waals surface area contributed by atoms with Crippen LogP contribution in [-0.2, 0) is 5.41 Å². The molecular formula is C14H14N2O. The monoisotopic (exact) mass is 226 g/mol. The molecule has 0 fully saturated rings. The quantitative estimate of drug-likeness (QED) is 0.755. The van der Waals surface area contributed by atoms with Crippen LogP contribution in [0.3, 0.4) is 0 Å². The Labute approximate surface area is 101 Å². The summed E-state index contributed by atoms with van der Waals surface area (Å²) >= 11 is 0. The Balaban J connectivity index is 2.40. The van der Waals surface area contributed by atoms with Crippen molar-refractivity contribution in [3.8, 4) is 0 Å². The van der Waals surface area contributed by atoms with Gasteiger partial charge in [0, 0.05) is 17.8 Å². The van der Waals surface area contributed by atoms with Gasteiger partial charge in [-0.25, -0.2) is 9.97 Å². The van der Waals surface area contributed by atoms with Gasteiger partial charge in [-0.1, -0.05) is 30.3 Å². The number of nitrogens with zero attached hydrogens (tertiary/aromatic N) is 2. The smallest absolute Gasteiger partial charge is 0.153 e. The number of hydrogen-bond donors (Lipinski definition) is 0. The van der Waals surface area contributed by atoms with E-state index < -0.39 is 0 Å². The lowest BCUT2D eigenvalue weighted by Crippen LogP contribution is -2.22. The molecule has 0 saturated carbocycles. The molecule has 2 rings (SSSR count). The van der Waals surface area contributed by atoms with Crippen LogP contribution in [-0.4, -0.2) is 16.3 Å². The number of hydrogen-bond acceptors (Lipinski definition) is 3. The molecule has 3 nitrogen and oxygen atoms in total. The van der Waals surface area contributed by atoms with E-state index in [0.717, 1.165) is 11.8 Å². The first kappa shape index (κ1) is 11.5. The molecule has 0 unspecified atom stereocenters. The normalized spacial score (nSPS) is 11.2. The maximum Gasteiger partial charge on any atom is 0.153 e. The third kappa shape index (κ3) is 2.23. The van der Waals surface area contributed by atoms with Crippen molar-refractivity contribution in [1.29, 1.82) is 0 Å². The number of carbonyl (C=O) groups is 1. The highest BCUT2D eigenvalue weighted by Gasteiger charge is 2.25. The van der Waals surface area contributed by atoms with Crippen LogP contribution in [0.2, 0.25) is 0 Å². The van der Waals surface area contributed by atoms with Gasteiger partial charge in [-0.15, -0.1) is 0 Å². The molecular weight excluding hydrogens is 212 g/mol. The number of carbonyl (C=O) groups excluding carboxylic acids is 1. The Hall–Kier alpha value is -2.03. The standard InChI is InChI=1S/C14H14N2O/c1-14(2,12-6-4-3-5-7-12)13-15-8-11(10-17)9-16-13/h3-10H,1-2H3. The Morgan fingerprint density at radius 2 is 1.65 bits per heavy atom. The number of benzene rings is 1. The van der Waals surface area contributed by atoms with Crippen LogP contribution in [0.4, 0.5) is 0 Å². The predicted molar refractivity (Wildman–Crippen MR) is 66.0 cm³/mol. The summed E-state index contributed by atoms with van der Waals surface area (Å²) in [5.41, 5.74) is 1.39. The number of rotatable bonds is 3. The van der Waals surface area contributed by atoms with Crippen molar-refractivity contribution in [2.24, 2.45) is 0 Å². The SMILES string of the molecule is CC(C)(c1ccccc1)c1ncc(C=O)cn1. The van der Waals surface area contributed by atoms with E-state index in [1.54, 1.807) is 12.4 Å². The molecule has 0 saturated heterocycles. The molecule has 17 heavy (non-hydrogen) atoms. The maximum absolute atomic E-state index is 10.6. The molecule has 0 spiro atoms. The van der Waals surface area contributed by atoms with E-state index in [0.29, 0.717) is 11.4 Å². The summed E-state index contributed by atoms with van der Waals surface area (Å²) in [6.07, 6.45) is 3.86. The average Bonchev–Trinajstić information content (AvgIpc) is 2.40. The van der Waals surface area contributed by atoms with Crippen molar-refractivity contribution in [2.45, 2.75) is 19.3 Å². The largest absolute Gasteiger partial charge is 0.298 e. The van der Waals surface area contributed by atoms with Crippen molar-refractivity contribution in [2.75, 3.05) is 0 Å². The van der Waals surface area contributed by atoms with E-state index in [1.807, 2.05) is 18.2 Å². The van der Waals surface area contributed by atoms with Gasteiger partial charge >= 0.3 is 0 Å². The average molecular weight is 226 g/mol. The minimum Gasteiger partial charge on any atom is -0.298 e. The van der Waals surface area contributed by atoms with Gasteiger partial charge in [0.25, 0.3) is 0 Å². The highest BCUT2D eigenvalue weighted by Crippen LogP contribution is 2.28. The summed E-state index contributed by atoms with van der Waals surface area (Å²) in [6.45, 7) is 4.14. The molecule has 0 aliphatic heterocycles. The second-order valence-electron chi connectivity index (χ2n) is 4.45. The predicted octanol–water partition coefficient (Wildman–Crippen LogP) is 2.62. The van der Waals surface area contributed by atoms with Gasteiger partial charge < -0.3 is 0 Å². The summed E-state index contributed by atoms with van der Waals surface area (Å²) in [5.74, 6) is 0.717. The third-order valence-corrected chi connectivity index (χ3v) is 2.86. The molecule has 0 radical (unpaired) electrons. The zero-order valence-corrected chi connectivity index (χ0v) is 9.92. The van der Waals surface area contributed by atoms with E-state index >= 15 is 0 Å². The minimum atomic E-state index is -0.261. The zero-order chi connectivity index (χ0) is 12.3. The van der Waals surface area contributed by atoms with Gasteiger partial charge in [-0.2, -0.15) is 0 Å². The number of aldehydes is 1. The van der Waals surface area contributed by atoms with Crippen LogP contribution in [0, 0.1) is 0 Å². The van der Waals surface area contributed by atoms with Crippen LogP contribution in [0.5, 0.6) is 0 Å². The zero-order valence-electron chi connectivity index (χ0n) is 9.92. The Morgan fingerprint density at radius 3 is 2.18 bits per heavy atom. The highest BCUT2D eigenvalue weighted by molar-refractivity contribution is 5.73. The van der Waals surface area contributed by atoms with Crippen LogP contribution in [0.15, 0.2) is 42.7 Å². The van der Waals surface area contributed by atoms with Crippen molar-refractivity contribution in [3.05, 3.63) is 59.7 Å². The summed E-state index contributed by atoms with van der Waals surface area (Å²) in [6, 6.07) is 10.1. The fourth-order valence-electron chi connectivity index (χ4n) is 1.71. The molecule has 0 aliphatic carbocycles. The van der Waals surface area contributed by atoms with E-state index in [2.05, 4.69) is 35.9 Å². The number of aromatic nitrogens is 2. The van der Waals surface area contributed by atoms with Gasteiger partial charge in [-0.05, 0) is 19.4 Å². The molecule has 0 N–H and O–H groups in total.